The number of carbonyl (C=O) groups is 1. The summed E-state index contributed by atoms with van der Waals surface area (Å²) in [7, 11) is 0. The fourth-order valence-corrected chi connectivity index (χ4v) is 2.49. The molecule has 3 rings (SSSR count). The summed E-state index contributed by atoms with van der Waals surface area (Å²) >= 11 is 3.40. The van der Waals surface area contributed by atoms with Gasteiger partial charge in [0.15, 0.2) is 11.5 Å². The first kappa shape index (κ1) is 14.4. The molecule has 22 heavy (non-hydrogen) atoms. The highest BCUT2D eigenvalue weighted by molar-refractivity contribution is 9.10. The van der Waals surface area contributed by atoms with Gasteiger partial charge in [0.2, 0.25) is 12.6 Å². The third-order valence-corrected chi connectivity index (χ3v) is 3.93. The number of hydrogen-bond acceptors (Lipinski definition) is 4. The molecule has 0 aliphatic carbocycles. The number of ether oxygens (including phenoxy) is 2. The molecule has 0 unspecified atom stereocenters. The van der Waals surface area contributed by atoms with E-state index >= 15 is 0 Å². The van der Waals surface area contributed by atoms with E-state index < -0.39 is 0 Å². The van der Waals surface area contributed by atoms with Crippen LogP contribution in [-0.2, 0) is 0 Å². The number of fused-ring (bicyclic) bond motifs is 1. The minimum absolute atomic E-state index is 0.0609. The largest absolute Gasteiger partial charge is 0.454 e. The van der Waals surface area contributed by atoms with Crippen LogP contribution in [0, 0.1) is 11.3 Å². The van der Waals surface area contributed by atoms with Gasteiger partial charge in [0.1, 0.15) is 11.6 Å². The number of benzene rings is 2. The molecule has 0 aromatic heterocycles. The van der Waals surface area contributed by atoms with E-state index in [-0.39, 0.29) is 18.1 Å². The Balaban J connectivity index is 1.96. The number of hydrogen-bond donors (Lipinski definition) is 0. The molecule has 0 amide bonds. The van der Waals surface area contributed by atoms with E-state index in [9.17, 15) is 10.1 Å². The van der Waals surface area contributed by atoms with E-state index in [0.29, 0.717) is 17.1 Å². The Morgan fingerprint density at radius 1 is 1.18 bits per heavy atom. The van der Waals surface area contributed by atoms with Crippen molar-refractivity contribution in [2.75, 3.05) is 6.79 Å². The molecule has 0 saturated heterocycles. The molecule has 2 aromatic rings. The van der Waals surface area contributed by atoms with Crippen LogP contribution in [0.25, 0.3) is 6.08 Å². The molecule has 0 radical (unpaired) electrons. The second kappa shape index (κ2) is 6.04. The molecular formula is C17H10BrNO3. The highest BCUT2D eigenvalue weighted by Crippen LogP contribution is 2.33. The lowest BCUT2D eigenvalue weighted by atomic mass is 10.0. The summed E-state index contributed by atoms with van der Waals surface area (Å²) < 4.78 is 11.3. The van der Waals surface area contributed by atoms with Gasteiger partial charge in [-0.1, -0.05) is 34.1 Å². The van der Waals surface area contributed by atoms with Gasteiger partial charge in [0, 0.05) is 10.0 Å². The number of allylic oxidation sites excluding steroid dienone is 1. The van der Waals surface area contributed by atoms with E-state index in [0.717, 1.165) is 10.0 Å². The summed E-state index contributed by atoms with van der Waals surface area (Å²) in [6, 6.07) is 14.2. The fraction of sp³-hybridized carbons (Fsp3) is 0.0588. The van der Waals surface area contributed by atoms with E-state index in [4.69, 9.17) is 9.47 Å². The summed E-state index contributed by atoms with van der Waals surface area (Å²) in [4.78, 5) is 12.5. The molecule has 1 aliphatic heterocycles. The first-order valence-electron chi connectivity index (χ1n) is 6.50. The quantitative estimate of drug-likeness (QED) is 0.474. The number of nitrogens with zero attached hydrogens (tertiary/aromatic N) is 1. The van der Waals surface area contributed by atoms with Gasteiger partial charge in [-0.3, -0.25) is 4.79 Å². The second-order valence-electron chi connectivity index (χ2n) is 4.59. The minimum atomic E-state index is -0.350. The Bertz CT molecular complexity index is 821. The van der Waals surface area contributed by atoms with Crippen molar-refractivity contribution in [1.82, 2.24) is 0 Å². The lowest BCUT2D eigenvalue weighted by Crippen LogP contribution is -2.02. The molecular weight excluding hydrogens is 346 g/mol. The summed E-state index contributed by atoms with van der Waals surface area (Å²) in [5.74, 6) is 0.769. The van der Waals surface area contributed by atoms with Crippen molar-refractivity contribution < 1.29 is 14.3 Å². The van der Waals surface area contributed by atoms with Crippen molar-refractivity contribution in [3.05, 3.63) is 63.6 Å². The Kier molecular flexibility index (Phi) is 3.94. The predicted octanol–water partition coefficient (Wildman–Crippen LogP) is 3.97. The maximum Gasteiger partial charge on any atom is 0.231 e. The average molecular weight is 356 g/mol. The van der Waals surface area contributed by atoms with Gasteiger partial charge in [0.25, 0.3) is 0 Å². The first-order chi connectivity index (χ1) is 10.7. The van der Waals surface area contributed by atoms with Crippen LogP contribution in [0.5, 0.6) is 11.5 Å². The molecule has 0 N–H and O–H groups in total. The van der Waals surface area contributed by atoms with Crippen LogP contribution >= 0.6 is 15.9 Å². The lowest BCUT2D eigenvalue weighted by Gasteiger charge is -2.03. The van der Waals surface area contributed by atoms with Crippen molar-refractivity contribution in [2.24, 2.45) is 0 Å². The standard InChI is InChI=1S/C17H10BrNO3/c18-14-4-2-1-3-11(14)7-13(9-19)17(20)12-5-6-15-16(8-12)22-10-21-15/h1-8H,10H2. The summed E-state index contributed by atoms with van der Waals surface area (Å²) in [5, 5.41) is 9.29. The minimum Gasteiger partial charge on any atom is -0.454 e. The molecule has 0 bridgehead atoms. The van der Waals surface area contributed by atoms with Crippen molar-refractivity contribution in [2.45, 2.75) is 0 Å². The summed E-state index contributed by atoms with van der Waals surface area (Å²) in [6.45, 7) is 0.144. The maximum atomic E-state index is 12.5. The van der Waals surface area contributed by atoms with Crippen LogP contribution in [0.15, 0.2) is 52.5 Å². The number of rotatable bonds is 3. The van der Waals surface area contributed by atoms with Crippen LogP contribution in [0.3, 0.4) is 0 Å². The smallest absolute Gasteiger partial charge is 0.231 e. The average Bonchev–Trinajstić information content (AvgIpc) is 3.01. The van der Waals surface area contributed by atoms with Gasteiger partial charge in [-0.15, -0.1) is 0 Å². The van der Waals surface area contributed by atoms with E-state index in [1.165, 1.54) is 0 Å². The highest BCUT2D eigenvalue weighted by Gasteiger charge is 2.18. The SMILES string of the molecule is N#CC(=Cc1ccccc1Br)C(=O)c1ccc2c(c1)OCO2. The molecule has 108 valence electrons. The van der Waals surface area contributed by atoms with E-state index in [2.05, 4.69) is 15.9 Å². The lowest BCUT2D eigenvalue weighted by molar-refractivity contribution is 0.103. The molecule has 0 atom stereocenters. The number of carbonyl (C=O) groups excluding carboxylic acids is 1. The van der Waals surface area contributed by atoms with Gasteiger partial charge >= 0.3 is 0 Å². The van der Waals surface area contributed by atoms with Gasteiger partial charge < -0.3 is 9.47 Å². The summed E-state index contributed by atoms with van der Waals surface area (Å²) in [5.41, 5.74) is 1.23. The number of nitriles is 1. The Labute approximate surface area is 135 Å². The van der Waals surface area contributed by atoms with Gasteiger partial charge in [-0.2, -0.15) is 5.26 Å². The Hall–Kier alpha value is -2.58. The molecule has 1 heterocycles. The van der Waals surface area contributed by atoms with Crippen LogP contribution in [0.4, 0.5) is 0 Å². The van der Waals surface area contributed by atoms with Gasteiger partial charge in [-0.25, -0.2) is 0 Å². The van der Waals surface area contributed by atoms with Crippen LogP contribution in [-0.4, -0.2) is 12.6 Å². The Morgan fingerprint density at radius 3 is 2.73 bits per heavy atom. The Morgan fingerprint density at radius 2 is 1.95 bits per heavy atom. The predicted molar refractivity (Wildman–Crippen MR) is 84.6 cm³/mol. The molecule has 2 aromatic carbocycles. The van der Waals surface area contributed by atoms with Crippen LogP contribution in [0.1, 0.15) is 15.9 Å². The van der Waals surface area contributed by atoms with E-state index in [1.807, 2.05) is 30.3 Å². The van der Waals surface area contributed by atoms with Crippen molar-refractivity contribution >= 4 is 27.8 Å². The molecule has 1 aliphatic rings. The highest BCUT2D eigenvalue weighted by atomic mass is 79.9. The normalized spacial score (nSPS) is 12.8. The first-order valence-corrected chi connectivity index (χ1v) is 7.29. The van der Waals surface area contributed by atoms with Crippen molar-refractivity contribution in [1.29, 1.82) is 5.26 Å². The van der Waals surface area contributed by atoms with E-state index in [1.54, 1.807) is 24.3 Å². The van der Waals surface area contributed by atoms with Crippen LogP contribution in [0.2, 0.25) is 0 Å². The zero-order chi connectivity index (χ0) is 15.5. The number of ketones is 1. The zero-order valence-electron chi connectivity index (χ0n) is 11.4. The van der Waals surface area contributed by atoms with Crippen LogP contribution < -0.4 is 9.47 Å². The topological polar surface area (TPSA) is 59.3 Å². The number of halogens is 1. The molecule has 4 nitrogen and oxygen atoms in total. The number of Topliss-reactive ketones (excluding diaryl/α,β-unsaturated/α-hetero) is 1. The third kappa shape index (κ3) is 2.74. The molecule has 5 heteroatoms. The van der Waals surface area contributed by atoms with Gasteiger partial charge in [0.05, 0.1) is 0 Å². The molecule has 0 spiro atoms. The zero-order valence-corrected chi connectivity index (χ0v) is 13.0. The molecule has 0 fully saturated rings. The maximum absolute atomic E-state index is 12.5. The fourth-order valence-electron chi connectivity index (χ4n) is 2.09. The second-order valence-corrected chi connectivity index (χ2v) is 5.44. The van der Waals surface area contributed by atoms with Crippen molar-refractivity contribution in [3.63, 3.8) is 0 Å². The van der Waals surface area contributed by atoms with Crippen molar-refractivity contribution in [3.8, 4) is 17.6 Å². The monoisotopic (exact) mass is 355 g/mol. The third-order valence-electron chi connectivity index (χ3n) is 3.20. The van der Waals surface area contributed by atoms with Gasteiger partial charge in [-0.05, 0) is 35.9 Å². The summed E-state index contributed by atoms with van der Waals surface area (Å²) in [6.07, 6.45) is 1.57. The molecule has 0 saturated carbocycles.